The fraction of sp³-hybridized carbons (Fsp3) is 0.389. The van der Waals surface area contributed by atoms with E-state index in [0.29, 0.717) is 16.6 Å². The molecule has 1 fully saturated rings. The Labute approximate surface area is 152 Å². The van der Waals surface area contributed by atoms with Crippen LogP contribution in [0.15, 0.2) is 35.3 Å². The van der Waals surface area contributed by atoms with E-state index in [1.165, 1.54) is 18.3 Å². The summed E-state index contributed by atoms with van der Waals surface area (Å²) in [5.74, 6) is 0.271. The van der Waals surface area contributed by atoms with Crippen molar-refractivity contribution in [2.24, 2.45) is 0 Å². The Kier molecular flexibility index (Phi) is 4.37. The average molecular weight is 377 g/mol. The summed E-state index contributed by atoms with van der Waals surface area (Å²) < 4.78 is 39.7. The van der Waals surface area contributed by atoms with Gasteiger partial charge >= 0.3 is 6.18 Å². The van der Waals surface area contributed by atoms with Crippen molar-refractivity contribution in [3.05, 3.63) is 51.9 Å². The lowest BCUT2D eigenvalue weighted by atomic mass is 10.1. The number of nitrogens with zero attached hydrogens (tertiary/aromatic N) is 3. The van der Waals surface area contributed by atoms with E-state index in [-0.39, 0.29) is 24.1 Å². The molecule has 0 atom stereocenters. The van der Waals surface area contributed by atoms with Gasteiger partial charge in [0.05, 0.1) is 17.8 Å². The van der Waals surface area contributed by atoms with Crippen LogP contribution in [0.2, 0.25) is 0 Å². The van der Waals surface area contributed by atoms with Crippen LogP contribution in [0.5, 0.6) is 0 Å². The Morgan fingerprint density at radius 1 is 1.19 bits per heavy atom. The van der Waals surface area contributed by atoms with Crippen LogP contribution in [0.25, 0.3) is 11.0 Å². The molecule has 1 aliphatic carbocycles. The number of aromatic amines is 1. The summed E-state index contributed by atoms with van der Waals surface area (Å²) in [5.41, 5.74) is 0.189. The summed E-state index contributed by atoms with van der Waals surface area (Å²) in [6.07, 6.45) is 1.46. The van der Waals surface area contributed by atoms with Gasteiger partial charge in [-0.25, -0.2) is 4.68 Å². The van der Waals surface area contributed by atoms with Crippen LogP contribution in [0.4, 0.5) is 19.1 Å². The fourth-order valence-electron chi connectivity index (χ4n) is 3.43. The monoisotopic (exact) mass is 377 g/mol. The van der Waals surface area contributed by atoms with E-state index >= 15 is 0 Å². The number of fused-ring (bicyclic) bond motifs is 1. The van der Waals surface area contributed by atoms with E-state index in [1.54, 1.807) is 4.68 Å². The van der Waals surface area contributed by atoms with Gasteiger partial charge in [0, 0.05) is 6.54 Å². The first-order valence-electron chi connectivity index (χ1n) is 8.79. The van der Waals surface area contributed by atoms with Crippen LogP contribution in [-0.4, -0.2) is 19.7 Å². The molecule has 1 saturated carbocycles. The highest BCUT2D eigenvalue weighted by Crippen LogP contribution is 2.31. The Morgan fingerprint density at radius 2 is 1.89 bits per heavy atom. The summed E-state index contributed by atoms with van der Waals surface area (Å²) in [5, 5.41) is 7.73. The number of benzene rings is 1. The second kappa shape index (κ2) is 6.71. The van der Waals surface area contributed by atoms with Crippen molar-refractivity contribution in [1.82, 2.24) is 19.7 Å². The average Bonchev–Trinajstić information content (AvgIpc) is 3.29. The van der Waals surface area contributed by atoms with Crippen LogP contribution < -0.4 is 10.9 Å². The summed E-state index contributed by atoms with van der Waals surface area (Å²) >= 11 is 0. The smallest absolute Gasteiger partial charge is 0.352 e. The molecule has 6 nitrogen and oxygen atoms in total. The third-order valence-corrected chi connectivity index (χ3v) is 4.88. The van der Waals surface area contributed by atoms with Crippen LogP contribution in [0.3, 0.4) is 0 Å². The van der Waals surface area contributed by atoms with E-state index in [2.05, 4.69) is 20.4 Å². The number of alkyl halides is 3. The predicted octanol–water partition coefficient (Wildman–Crippen LogP) is 3.87. The molecule has 2 N–H and O–H groups in total. The Balaban J connectivity index is 1.55. The number of anilines is 1. The molecule has 0 bridgehead atoms. The van der Waals surface area contributed by atoms with Crippen LogP contribution in [-0.2, 0) is 12.7 Å². The summed E-state index contributed by atoms with van der Waals surface area (Å²) in [4.78, 5) is 19.4. The molecular weight excluding hydrogens is 359 g/mol. The summed E-state index contributed by atoms with van der Waals surface area (Å²) in [6, 6.07) is 5.11. The third-order valence-electron chi connectivity index (χ3n) is 4.88. The number of aromatic nitrogens is 4. The minimum absolute atomic E-state index is 0.240. The second-order valence-electron chi connectivity index (χ2n) is 6.73. The van der Waals surface area contributed by atoms with Crippen molar-refractivity contribution in [2.75, 3.05) is 5.32 Å². The zero-order chi connectivity index (χ0) is 19.0. The molecule has 1 aromatic carbocycles. The molecule has 0 unspecified atom stereocenters. The standard InChI is InChI=1S/C18H18F3N5O/c19-18(20,21)12-7-5-11(6-8-12)9-22-17-24-15-14(16(27)25-17)10-23-26(15)13-3-1-2-4-13/h5-8,10,13H,1-4,9H2,(H2,22,24,25,27). The maximum atomic E-state index is 12.6. The topological polar surface area (TPSA) is 75.6 Å². The van der Waals surface area contributed by atoms with Crippen LogP contribution >= 0.6 is 0 Å². The van der Waals surface area contributed by atoms with Crippen molar-refractivity contribution in [3.8, 4) is 0 Å². The summed E-state index contributed by atoms with van der Waals surface area (Å²) in [7, 11) is 0. The van der Waals surface area contributed by atoms with Gasteiger partial charge in [-0.3, -0.25) is 9.78 Å². The van der Waals surface area contributed by atoms with Gasteiger partial charge in [0.15, 0.2) is 5.65 Å². The molecule has 27 heavy (non-hydrogen) atoms. The predicted molar refractivity (Wildman–Crippen MR) is 94.4 cm³/mol. The molecule has 2 aromatic heterocycles. The van der Waals surface area contributed by atoms with Gasteiger partial charge in [-0.1, -0.05) is 25.0 Å². The van der Waals surface area contributed by atoms with Crippen molar-refractivity contribution < 1.29 is 13.2 Å². The maximum absolute atomic E-state index is 12.6. The van der Waals surface area contributed by atoms with Crippen molar-refractivity contribution in [1.29, 1.82) is 0 Å². The van der Waals surface area contributed by atoms with Gasteiger partial charge in [-0.2, -0.15) is 23.3 Å². The van der Waals surface area contributed by atoms with Gasteiger partial charge < -0.3 is 5.32 Å². The van der Waals surface area contributed by atoms with E-state index in [1.807, 2.05) is 0 Å². The van der Waals surface area contributed by atoms with Crippen LogP contribution in [0.1, 0.15) is 42.9 Å². The molecule has 0 aliphatic heterocycles. The number of halogens is 3. The zero-order valence-corrected chi connectivity index (χ0v) is 14.4. The Bertz CT molecular complexity index is 1000. The maximum Gasteiger partial charge on any atom is 0.416 e. The lowest BCUT2D eigenvalue weighted by Crippen LogP contribution is -2.15. The third kappa shape index (κ3) is 3.54. The Hall–Kier alpha value is -2.84. The first-order chi connectivity index (χ1) is 12.9. The van der Waals surface area contributed by atoms with E-state index in [4.69, 9.17) is 0 Å². The first-order valence-corrected chi connectivity index (χ1v) is 8.79. The molecule has 4 rings (SSSR count). The number of hydrogen-bond donors (Lipinski definition) is 2. The molecular formula is C18H18F3N5O. The SMILES string of the molecule is O=c1[nH]c(NCc2ccc(C(F)(F)F)cc2)nc2c1cnn2C1CCCC1. The van der Waals surface area contributed by atoms with Gasteiger partial charge in [-0.15, -0.1) is 0 Å². The highest BCUT2D eigenvalue weighted by molar-refractivity contribution is 5.74. The van der Waals surface area contributed by atoms with E-state index in [9.17, 15) is 18.0 Å². The van der Waals surface area contributed by atoms with Gasteiger partial charge in [0.25, 0.3) is 5.56 Å². The molecule has 0 saturated heterocycles. The molecule has 0 radical (unpaired) electrons. The minimum Gasteiger partial charge on any atom is -0.352 e. The fourth-order valence-corrected chi connectivity index (χ4v) is 3.43. The lowest BCUT2D eigenvalue weighted by Gasteiger charge is -2.11. The van der Waals surface area contributed by atoms with Crippen molar-refractivity contribution in [2.45, 2.75) is 44.4 Å². The lowest BCUT2D eigenvalue weighted by molar-refractivity contribution is -0.137. The normalized spacial score (nSPS) is 15.5. The number of hydrogen-bond acceptors (Lipinski definition) is 4. The number of rotatable bonds is 4. The van der Waals surface area contributed by atoms with Gasteiger partial charge in [-0.05, 0) is 30.5 Å². The largest absolute Gasteiger partial charge is 0.416 e. The quantitative estimate of drug-likeness (QED) is 0.724. The molecule has 3 aromatic rings. The van der Waals surface area contributed by atoms with Crippen molar-refractivity contribution >= 4 is 17.0 Å². The van der Waals surface area contributed by atoms with E-state index in [0.717, 1.165) is 37.8 Å². The highest BCUT2D eigenvalue weighted by atomic mass is 19.4. The first kappa shape index (κ1) is 17.6. The number of H-pyrrole nitrogens is 1. The van der Waals surface area contributed by atoms with Gasteiger partial charge in [0.2, 0.25) is 5.95 Å². The number of nitrogens with one attached hydrogen (secondary N) is 2. The molecule has 1 aliphatic rings. The summed E-state index contributed by atoms with van der Waals surface area (Å²) in [6.45, 7) is 0.240. The molecule has 142 valence electrons. The molecule has 0 spiro atoms. The van der Waals surface area contributed by atoms with Gasteiger partial charge in [0.1, 0.15) is 5.39 Å². The molecule has 9 heteroatoms. The second-order valence-corrected chi connectivity index (χ2v) is 6.73. The molecule has 2 heterocycles. The molecule has 0 amide bonds. The van der Waals surface area contributed by atoms with Crippen molar-refractivity contribution in [3.63, 3.8) is 0 Å². The highest BCUT2D eigenvalue weighted by Gasteiger charge is 2.29. The van der Waals surface area contributed by atoms with Crippen LogP contribution in [0, 0.1) is 0 Å². The minimum atomic E-state index is -4.36. The Morgan fingerprint density at radius 3 is 2.56 bits per heavy atom. The zero-order valence-electron chi connectivity index (χ0n) is 14.4. The van der Waals surface area contributed by atoms with E-state index < -0.39 is 11.7 Å².